The maximum Gasteiger partial charge on any atom is 0.247 e. The highest BCUT2D eigenvalue weighted by Gasteiger charge is 2.43. The molecule has 1 aromatic carbocycles. The van der Waals surface area contributed by atoms with Crippen molar-refractivity contribution < 1.29 is 9.53 Å². The summed E-state index contributed by atoms with van der Waals surface area (Å²) in [5, 5.41) is 12.3. The van der Waals surface area contributed by atoms with Crippen LogP contribution in [-0.4, -0.2) is 92.5 Å². The van der Waals surface area contributed by atoms with Crippen LogP contribution in [0.2, 0.25) is 0 Å². The van der Waals surface area contributed by atoms with Crippen molar-refractivity contribution in [3.05, 3.63) is 66.6 Å². The number of pyridine rings is 1. The van der Waals surface area contributed by atoms with Gasteiger partial charge in [-0.1, -0.05) is 30.3 Å². The minimum Gasteiger partial charge on any atom is -0.373 e. The molecule has 214 valence electrons. The molecule has 0 radical (unpaired) electrons. The van der Waals surface area contributed by atoms with Crippen LogP contribution in [0.4, 0.5) is 17.3 Å². The zero-order valence-corrected chi connectivity index (χ0v) is 23.5. The fraction of sp³-hybridized carbons (Fsp3) is 0.467. The van der Waals surface area contributed by atoms with Crippen LogP contribution < -0.4 is 10.2 Å². The van der Waals surface area contributed by atoms with Crippen molar-refractivity contribution in [1.29, 1.82) is 0 Å². The van der Waals surface area contributed by atoms with E-state index < -0.39 is 0 Å². The Morgan fingerprint density at radius 1 is 1.02 bits per heavy atom. The molecule has 3 aliphatic rings. The summed E-state index contributed by atoms with van der Waals surface area (Å²) in [4.78, 5) is 24.2. The van der Waals surface area contributed by atoms with Gasteiger partial charge >= 0.3 is 0 Å². The predicted molar refractivity (Wildman–Crippen MR) is 156 cm³/mol. The Morgan fingerprint density at radius 3 is 2.59 bits per heavy atom. The number of carbonyl (C=O) groups excluding carboxylic acids is 1. The third-order valence-corrected chi connectivity index (χ3v) is 8.76. The number of piperidine rings is 1. The van der Waals surface area contributed by atoms with Crippen LogP contribution in [0, 0.1) is 11.8 Å². The molecule has 7 rings (SSSR count). The quantitative estimate of drug-likeness (QED) is 0.355. The summed E-state index contributed by atoms with van der Waals surface area (Å²) in [5.41, 5.74) is 3.91. The standard InChI is InChI=1S/C30H37N9O2/c1-35-12-14-36(15-13-35)27(40)20-38-19-25(16-31-38)32-30-33-29-26(8-5-11-39(29)34-30)37-17-23-9-10-24(18-37)28(23)41-21-22-6-3-2-4-7-22/h2-8,11,16,19,23-24,28H,9-10,12-15,17-18,20-21H2,1H3,(H,32,34)/t23-,24+,28+. The van der Waals surface area contributed by atoms with Gasteiger partial charge in [-0.2, -0.15) is 10.1 Å². The number of amides is 1. The van der Waals surface area contributed by atoms with E-state index in [2.05, 4.69) is 62.7 Å². The highest BCUT2D eigenvalue weighted by molar-refractivity contribution is 5.76. The summed E-state index contributed by atoms with van der Waals surface area (Å²) < 4.78 is 9.96. The molecule has 11 nitrogen and oxygen atoms in total. The lowest BCUT2D eigenvalue weighted by Crippen LogP contribution is -2.48. The third kappa shape index (κ3) is 5.51. The summed E-state index contributed by atoms with van der Waals surface area (Å²) in [7, 11) is 2.08. The fourth-order valence-corrected chi connectivity index (χ4v) is 6.54. The minimum atomic E-state index is 0.0893. The van der Waals surface area contributed by atoms with E-state index in [4.69, 9.17) is 9.72 Å². The topological polar surface area (TPSA) is 96.1 Å². The number of hydrogen-bond acceptors (Lipinski definition) is 8. The average molecular weight is 556 g/mol. The molecule has 2 saturated heterocycles. The molecule has 41 heavy (non-hydrogen) atoms. The molecule has 3 fully saturated rings. The van der Waals surface area contributed by atoms with Gasteiger partial charge in [-0.25, -0.2) is 4.52 Å². The van der Waals surface area contributed by atoms with Gasteiger partial charge in [-0.05, 0) is 37.6 Å². The van der Waals surface area contributed by atoms with Crippen molar-refractivity contribution in [3.8, 4) is 0 Å². The number of ether oxygens (including phenoxy) is 1. The van der Waals surface area contributed by atoms with Gasteiger partial charge in [0.2, 0.25) is 11.9 Å². The minimum absolute atomic E-state index is 0.0893. The molecule has 3 atom stereocenters. The van der Waals surface area contributed by atoms with Crippen molar-refractivity contribution in [2.24, 2.45) is 11.8 Å². The molecule has 3 aromatic heterocycles. The summed E-state index contributed by atoms with van der Waals surface area (Å²) in [5.74, 6) is 1.62. The van der Waals surface area contributed by atoms with E-state index in [0.717, 1.165) is 56.3 Å². The zero-order valence-electron chi connectivity index (χ0n) is 23.5. The van der Waals surface area contributed by atoms with Crippen molar-refractivity contribution in [2.45, 2.75) is 32.1 Å². The predicted octanol–water partition coefficient (Wildman–Crippen LogP) is 2.88. The highest BCUT2D eigenvalue weighted by atomic mass is 16.5. The zero-order chi connectivity index (χ0) is 27.8. The maximum absolute atomic E-state index is 12.7. The number of aromatic nitrogens is 5. The summed E-state index contributed by atoms with van der Waals surface area (Å²) in [6, 6.07) is 14.6. The summed E-state index contributed by atoms with van der Waals surface area (Å²) in [6.45, 7) is 6.14. The molecule has 0 spiro atoms. The van der Waals surface area contributed by atoms with E-state index in [9.17, 15) is 4.79 Å². The molecule has 0 unspecified atom stereocenters. The second kappa shape index (κ2) is 11.1. The van der Waals surface area contributed by atoms with Crippen LogP contribution in [0.25, 0.3) is 5.65 Å². The Labute approximate surface area is 239 Å². The monoisotopic (exact) mass is 555 g/mol. The van der Waals surface area contributed by atoms with Gasteiger partial charge in [0.15, 0.2) is 5.65 Å². The first-order valence-corrected chi connectivity index (χ1v) is 14.6. The molecule has 5 heterocycles. The molecule has 1 aliphatic carbocycles. The first-order chi connectivity index (χ1) is 20.1. The van der Waals surface area contributed by atoms with Gasteiger partial charge in [0.1, 0.15) is 6.54 Å². The molecule has 2 aliphatic heterocycles. The Morgan fingerprint density at radius 2 is 1.80 bits per heavy atom. The Kier molecular flexibility index (Phi) is 7.05. The number of anilines is 3. The van der Waals surface area contributed by atoms with E-state index in [0.29, 0.717) is 30.5 Å². The molecule has 1 amide bonds. The summed E-state index contributed by atoms with van der Waals surface area (Å²) >= 11 is 0. The molecule has 2 bridgehead atoms. The smallest absolute Gasteiger partial charge is 0.247 e. The van der Waals surface area contributed by atoms with Crippen LogP contribution in [0.3, 0.4) is 0 Å². The maximum atomic E-state index is 12.7. The number of rotatable bonds is 8. The van der Waals surface area contributed by atoms with Gasteiger partial charge < -0.3 is 24.8 Å². The third-order valence-electron chi connectivity index (χ3n) is 8.76. The normalized spacial score (nSPS) is 22.9. The van der Waals surface area contributed by atoms with Gasteiger partial charge in [0.25, 0.3) is 0 Å². The average Bonchev–Trinajstić information content (AvgIpc) is 3.67. The summed E-state index contributed by atoms with van der Waals surface area (Å²) in [6.07, 6.45) is 8.18. The SMILES string of the molecule is CN1CCN(C(=O)Cn2cc(Nc3nc4c(N5C[C@H]6CC[C@@H](C5)[C@H]6OCc5ccccc5)cccn4n3)cn2)CC1. The van der Waals surface area contributed by atoms with Crippen LogP contribution in [-0.2, 0) is 22.7 Å². The van der Waals surface area contributed by atoms with Crippen molar-refractivity contribution in [1.82, 2.24) is 34.2 Å². The first kappa shape index (κ1) is 26.0. The molecule has 11 heteroatoms. The lowest BCUT2D eigenvalue weighted by Gasteiger charge is -2.39. The van der Waals surface area contributed by atoms with Crippen LogP contribution in [0.1, 0.15) is 18.4 Å². The number of hydrogen-bond donors (Lipinski definition) is 1. The molecule has 4 aromatic rings. The Hall–Kier alpha value is -3.96. The van der Waals surface area contributed by atoms with E-state index in [-0.39, 0.29) is 12.5 Å². The molecular weight excluding hydrogens is 518 g/mol. The van der Waals surface area contributed by atoms with Gasteiger partial charge in [0.05, 0.1) is 30.3 Å². The number of fused-ring (bicyclic) bond motifs is 3. The second-order valence-electron chi connectivity index (χ2n) is 11.6. The number of piperazine rings is 1. The van der Waals surface area contributed by atoms with Crippen molar-refractivity contribution in [2.75, 3.05) is 56.5 Å². The lowest BCUT2D eigenvalue weighted by molar-refractivity contribution is -0.133. The van der Waals surface area contributed by atoms with Crippen LogP contribution >= 0.6 is 0 Å². The van der Waals surface area contributed by atoms with Gasteiger partial charge in [-0.3, -0.25) is 9.48 Å². The van der Waals surface area contributed by atoms with Crippen LogP contribution in [0.15, 0.2) is 61.1 Å². The first-order valence-electron chi connectivity index (χ1n) is 14.6. The number of nitrogens with one attached hydrogen (secondary N) is 1. The number of likely N-dealkylation sites (N-methyl/N-ethyl adjacent to an activating group) is 1. The number of nitrogens with zero attached hydrogens (tertiary/aromatic N) is 8. The Balaban J connectivity index is 1.00. The number of benzene rings is 1. The molecule has 1 saturated carbocycles. The van der Waals surface area contributed by atoms with Crippen molar-refractivity contribution >= 4 is 28.9 Å². The van der Waals surface area contributed by atoms with E-state index in [1.165, 1.54) is 18.4 Å². The van der Waals surface area contributed by atoms with E-state index >= 15 is 0 Å². The van der Waals surface area contributed by atoms with Gasteiger partial charge in [-0.15, -0.1) is 5.10 Å². The highest BCUT2D eigenvalue weighted by Crippen LogP contribution is 2.41. The largest absolute Gasteiger partial charge is 0.373 e. The number of carbonyl (C=O) groups is 1. The van der Waals surface area contributed by atoms with E-state index in [1.807, 2.05) is 33.9 Å². The lowest BCUT2D eigenvalue weighted by atomic mass is 9.94. The van der Waals surface area contributed by atoms with Crippen LogP contribution in [0.5, 0.6) is 0 Å². The molecule has 1 N–H and O–H groups in total. The van der Waals surface area contributed by atoms with E-state index in [1.54, 1.807) is 10.9 Å². The second-order valence-corrected chi connectivity index (χ2v) is 11.6. The molecular formula is C30H37N9O2. The fourth-order valence-electron chi connectivity index (χ4n) is 6.54. The van der Waals surface area contributed by atoms with Crippen molar-refractivity contribution in [3.63, 3.8) is 0 Å². The van der Waals surface area contributed by atoms with Gasteiger partial charge in [0, 0.05) is 63.5 Å². The Bertz CT molecular complexity index is 1480.